The topological polar surface area (TPSA) is 63.7 Å². The van der Waals surface area contributed by atoms with E-state index in [4.69, 9.17) is 4.84 Å². The van der Waals surface area contributed by atoms with Gasteiger partial charge in [-0.1, -0.05) is 23.3 Å². The molecule has 0 saturated carbocycles. The molecule has 24 heavy (non-hydrogen) atoms. The van der Waals surface area contributed by atoms with Crippen molar-refractivity contribution < 1.29 is 28.0 Å². The molecule has 0 bridgehead atoms. The molecular formula is C17H11F2NO4. The van der Waals surface area contributed by atoms with E-state index in [0.29, 0.717) is 11.1 Å². The van der Waals surface area contributed by atoms with Gasteiger partial charge in [-0.05, 0) is 30.2 Å². The zero-order valence-corrected chi connectivity index (χ0v) is 12.3. The van der Waals surface area contributed by atoms with Gasteiger partial charge < -0.3 is 4.84 Å². The van der Waals surface area contributed by atoms with Crippen molar-refractivity contribution in [3.05, 3.63) is 70.8 Å². The molecule has 0 saturated heterocycles. The van der Waals surface area contributed by atoms with Crippen LogP contribution in [0.2, 0.25) is 0 Å². The number of hydrogen-bond acceptors (Lipinski definition) is 4. The smallest absolute Gasteiger partial charge is 0.330 e. The predicted molar refractivity (Wildman–Crippen MR) is 77.7 cm³/mol. The lowest BCUT2D eigenvalue weighted by Gasteiger charge is -2.12. The first kappa shape index (κ1) is 15.8. The number of hydrogen-bond donors (Lipinski definition) is 0. The summed E-state index contributed by atoms with van der Waals surface area (Å²) in [6.45, 7) is 0. The molecule has 0 spiro atoms. The summed E-state index contributed by atoms with van der Waals surface area (Å²) in [5, 5.41) is 0.397. The number of halogens is 2. The monoisotopic (exact) mass is 331 g/mol. The molecule has 5 nitrogen and oxygen atoms in total. The normalized spacial score (nSPS) is 13.2. The van der Waals surface area contributed by atoms with Gasteiger partial charge in [0.1, 0.15) is 11.6 Å². The number of hydroxylamine groups is 2. The number of amides is 2. The van der Waals surface area contributed by atoms with Crippen LogP contribution in [-0.2, 0) is 16.1 Å². The second-order valence-electron chi connectivity index (χ2n) is 5.15. The molecule has 7 heteroatoms. The van der Waals surface area contributed by atoms with Crippen molar-refractivity contribution in [2.75, 3.05) is 0 Å². The highest BCUT2D eigenvalue weighted by atomic mass is 19.1. The zero-order chi connectivity index (χ0) is 17.3. The van der Waals surface area contributed by atoms with E-state index in [1.807, 2.05) is 0 Å². The van der Waals surface area contributed by atoms with Gasteiger partial charge in [0, 0.05) is 6.07 Å². The van der Waals surface area contributed by atoms with Gasteiger partial charge in [-0.3, -0.25) is 9.59 Å². The minimum absolute atomic E-state index is 0.0475. The number of aryl methyl sites for hydroxylation is 1. The molecule has 122 valence electrons. The van der Waals surface area contributed by atoms with Crippen LogP contribution in [0.3, 0.4) is 0 Å². The molecule has 2 aromatic rings. The third-order valence-corrected chi connectivity index (χ3v) is 3.56. The lowest BCUT2D eigenvalue weighted by Crippen LogP contribution is -2.32. The summed E-state index contributed by atoms with van der Waals surface area (Å²) in [5.74, 6) is -3.81. The molecule has 1 aliphatic heterocycles. The summed E-state index contributed by atoms with van der Waals surface area (Å²) in [6, 6.07) is 9.10. The van der Waals surface area contributed by atoms with Crippen LogP contribution in [-0.4, -0.2) is 22.8 Å². The minimum atomic E-state index is -0.867. The highest BCUT2D eigenvalue weighted by molar-refractivity contribution is 6.20. The molecule has 2 aromatic carbocycles. The molecule has 0 N–H and O–H groups in total. The Balaban J connectivity index is 1.64. The third kappa shape index (κ3) is 2.88. The van der Waals surface area contributed by atoms with Crippen molar-refractivity contribution in [1.29, 1.82) is 0 Å². The number of fused-ring (bicyclic) bond motifs is 1. The summed E-state index contributed by atoms with van der Waals surface area (Å²) < 4.78 is 26.3. The Labute approximate surface area is 135 Å². The van der Waals surface area contributed by atoms with E-state index in [1.54, 1.807) is 12.1 Å². The van der Waals surface area contributed by atoms with E-state index in [-0.39, 0.29) is 29.5 Å². The van der Waals surface area contributed by atoms with Gasteiger partial charge in [0.15, 0.2) is 0 Å². The van der Waals surface area contributed by atoms with Gasteiger partial charge >= 0.3 is 5.97 Å². The number of rotatable bonds is 4. The Bertz CT molecular complexity index is 815. The lowest BCUT2D eigenvalue weighted by atomic mass is 10.1. The van der Waals surface area contributed by atoms with Crippen molar-refractivity contribution in [2.24, 2.45) is 0 Å². The first-order valence-corrected chi connectivity index (χ1v) is 7.10. The van der Waals surface area contributed by atoms with E-state index in [1.165, 1.54) is 18.2 Å². The van der Waals surface area contributed by atoms with Crippen molar-refractivity contribution >= 4 is 17.8 Å². The summed E-state index contributed by atoms with van der Waals surface area (Å²) in [6.07, 6.45) is -0.315. The molecule has 0 fully saturated rings. The number of benzene rings is 2. The SMILES string of the molecule is O=C(CCc1ccc(F)cc1F)ON1C(=O)c2ccccc2C1=O. The molecule has 0 atom stereocenters. The number of imide groups is 1. The first-order chi connectivity index (χ1) is 11.5. The summed E-state index contributed by atoms with van der Waals surface area (Å²) in [5.41, 5.74) is 0.440. The molecule has 0 unspecified atom stereocenters. The van der Waals surface area contributed by atoms with Gasteiger partial charge in [-0.25, -0.2) is 13.6 Å². The highest BCUT2D eigenvalue weighted by Crippen LogP contribution is 2.23. The van der Waals surface area contributed by atoms with Crippen molar-refractivity contribution in [3.8, 4) is 0 Å². The maximum absolute atomic E-state index is 13.5. The van der Waals surface area contributed by atoms with Gasteiger partial charge in [-0.2, -0.15) is 0 Å². The quantitative estimate of drug-likeness (QED) is 0.808. The Kier molecular flexibility index (Phi) is 4.07. The van der Waals surface area contributed by atoms with Crippen LogP contribution in [0.5, 0.6) is 0 Å². The fraction of sp³-hybridized carbons (Fsp3) is 0.118. The van der Waals surface area contributed by atoms with E-state index >= 15 is 0 Å². The Morgan fingerprint density at radius 3 is 2.21 bits per heavy atom. The molecule has 1 heterocycles. The average Bonchev–Trinajstić information content (AvgIpc) is 2.79. The van der Waals surface area contributed by atoms with Crippen LogP contribution in [0.1, 0.15) is 32.7 Å². The first-order valence-electron chi connectivity index (χ1n) is 7.10. The van der Waals surface area contributed by atoms with E-state index in [9.17, 15) is 23.2 Å². The Morgan fingerprint density at radius 2 is 1.62 bits per heavy atom. The Morgan fingerprint density at radius 1 is 1.00 bits per heavy atom. The molecule has 3 rings (SSSR count). The Hall–Kier alpha value is -3.09. The number of carbonyl (C=O) groups is 3. The van der Waals surface area contributed by atoms with Gasteiger partial charge in [0.2, 0.25) is 0 Å². The second-order valence-corrected chi connectivity index (χ2v) is 5.15. The average molecular weight is 331 g/mol. The molecule has 0 aliphatic carbocycles. The fourth-order valence-electron chi connectivity index (χ4n) is 2.36. The lowest BCUT2D eigenvalue weighted by molar-refractivity contribution is -0.168. The molecule has 0 radical (unpaired) electrons. The molecule has 2 amide bonds. The summed E-state index contributed by atoms with van der Waals surface area (Å²) >= 11 is 0. The van der Waals surface area contributed by atoms with Crippen molar-refractivity contribution in [3.63, 3.8) is 0 Å². The van der Waals surface area contributed by atoms with Crippen LogP contribution in [0.4, 0.5) is 8.78 Å². The maximum atomic E-state index is 13.5. The maximum Gasteiger partial charge on any atom is 0.333 e. The molecular weight excluding hydrogens is 320 g/mol. The van der Waals surface area contributed by atoms with Crippen LogP contribution < -0.4 is 0 Å². The third-order valence-electron chi connectivity index (χ3n) is 3.56. The van der Waals surface area contributed by atoms with Crippen molar-refractivity contribution in [2.45, 2.75) is 12.8 Å². The van der Waals surface area contributed by atoms with Gasteiger partial charge in [-0.15, -0.1) is 0 Å². The molecule has 0 aromatic heterocycles. The van der Waals surface area contributed by atoms with Gasteiger partial charge in [0.25, 0.3) is 11.8 Å². The predicted octanol–water partition coefficient (Wildman–Crippen LogP) is 2.65. The summed E-state index contributed by atoms with van der Waals surface area (Å²) in [4.78, 5) is 40.7. The largest absolute Gasteiger partial charge is 0.333 e. The minimum Gasteiger partial charge on any atom is -0.330 e. The standard InChI is InChI=1S/C17H11F2NO4/c18-11-7-5-10(14(19)9-11)6-8-15(21)24-20-16(22)12-3-1-2-4-13(12)17(20)23/h1-5,7,9H,6,8H2. The zero-order valence-electron chi connectivity index (χ0n) is 12.3. The van der Waals surface area contributed by atoms with Crippen LogP contribution in [0.15, 0.2) is 42.5 Å². The van der Waals surface area contributed by atoms with Crippen LogP contribution in [0.25, 0.3) is 0 Å². The highest BCUT2D eigenvalue weighted by Gasteiger charge is 2.38. The summed E-state index contributed by atoms with van der Waals surface area (Å²) in [7, 11) is 0. The fourth-order valence-corrected chi connectivity index (χ4v) is 2.36. The van der Waals surface area contributed by atoms with Crippen LogP contribution in [0, 0.1) is 11.6 Å². The van der Waals surface area contributed by atoms with Crippen molar-refractivity contribution in [1.82, 2.24) is 5.06 Å². The number of carbonyl (C=O) groups excluding carboxylic acids is 3. The second kappa shape index (κ2) is 6.19. The number of nitrogens with zero attached hydrogens (tertiary/aromatic N) is 1. The molecule has 1 aliphatic rings. The van der Waals surface area contributed by atoms with E-state index < -0.39 is 29.4 Å². The van der Waals surface area contributed by atoms with Gasteiger partial charge in [0.05, 0.1) is 17.5 Å². The van der Waals surface area contributed by atoms with E-state index in [0.717, 1.165) is 6.07 Å². The van der Waals surface area contributed by atoms with E-state index in [2.05, 4.69) is 0 Å². The van der Waals surface area contributed by atoms with Crippen LogP contribution >= 0.6 is 0 Å².